The topological polar surface area (TPSA) is 39.2 Å². The molecule has 2 rings (SSSR count). The van der Waals surface area contributed by atoms with E-state index in [-0.39, 0.29) is 5.97 Å². The maximum absolute atomic E-state index is 12.0. The van der Waals surface area contributed by atoms with Gasteiger partial charge in [-0.15, -0.1) is 11.3 Å². The van der Waals surface area contributed by atoms with Gasteiger partial charge in [0.15, 0.2) is 0 Å². The normalized spacial score (nSPS) is 10.5. The first-order chi connectivity index (χ1) is 8.97. The van der Waals surface area contributed by atoms with Crippen molar-refractivity contribution in [1.82, 2.24) is 4.98 Å². The van der Waals surface area contributed by atoms with Crippen molar-refractivity contribution in [2.75, 3.05) is 0 Å². The van der Waals surface area contributed by atoms with Crippen molar-refractivity contribution in [3.8, 4) is 0 Å². The molecular formula is C15H17NO2S. The molecule has 1 aromatic carbocycles. The Morgan fingerprint density at radius 1 is 1.21 bits per heavy atom. The van der Waals surface area contributed by atoms with E-state index in [1.165, 1.54) is 5.56 Å². The van der Waals surface area contributed by atoms with Gasteiger partial charge < -0.3 is 4.74 Å². The average molecular weight is 275 g/mol. The number of rotatable bonds is 3. The van der Waals surface area contributed by atoms with Crippen LogP contribution in [0.5, 0.6) is 0 Å². The van der Waals surface area contributed by atoms with E-state index in [9.17, 15) is 4.79 Å². The van der Waals surface area contributed by atoms with E-state index in [0.29, 0.717) is 12.2 Å². The maximum atomic E-state index is 12.0. The van der Waals surface area contributed by atoms with Gasteiger partial charge in [-0.1, -0.05) is 6.07 Å². The Labute approximate surface area is 117 Å². The standard InChI is InChI=1S/C15H17NO2S/c1-9-5-6-13(7-10(9)2)15(17)18-8-14-11(3)16-12(4)19-14/h5-7H,8H2,1-4H3. The van der Waals surface area contributed by atoms with Gasteiger partial charge in [-0.05, 0) is 51.0 Å². The number of carbonyl (C=O) groups is 1. The number of thiazole rings is 1. The molecule has 19 heavy (non-hydrogen) atoms. The molecule has 0 bridgehead atoms. The Hall–Kier alpha value is -1.68. The van der Waals surface area contributed by atoms with Gasteiger partial charge in [0, 0.05) is 0 Å². The lowest BCUT2D eigenvalue weighted by molar-refractivity contribution is 0.0476. The van der Waals surface area contributed by atoms with Crippen molar-refractivity contribution >= 4 is 17.3 Å². The SMILES string of the molecule is Cc1nc(C)c(COC(=O)c2ccc(C)c(C)c2)s1. The van der Waals surface area contributed by atoms with Crippen LogP contribution in [0, 0.1) is 27.7 Å². The van der Waals surface area contributed by atoms with E-state index < -0.39 is 0 Å². The number of aromatic nitrogens is 1. The smallest absolute Gasteiger partial charge is 0.338 e. The molecule has 0 aliphatic rings. The van der Waals surface area contributed by atoms with Crippen molar-refractivity contribution < 1.29 is 9.53 Å². The van der Waals surface area contributed by atoms with Crippen molar-refractivity contribution in [3.63, 3.8) is 0 Å². The van der Waals surface area contributed by atoms with Crippen LogP contribution >= 0.6 is 11.3 Å². The molecule has 0 spiro atoms. The fourth-order valence-corrected chi connectivity index (χ4v) is 2.64. The second-order valence-corrected chi connectivity index (χ2v) is 5.90. The minimum Gasteiger partial charge on any atom is -0.456 e. The molecule has 0 unspecified atom stereocenters. The van der Waals surface area contributed by atoms with Crippen LogP contribution < -0.4 is 0 Å². The first-order valence-corrected chi connectivity index (χ1v) is 6.96. The van der Waals surface area contributed by atoms with Crippen LogP contribution in [0.25, 0.3) is 0 Å². The summed E-state index contributed by atoms with van der Waals surface area (Å²) in [5.74, 6) is -0.284. The molecule has 0 saturated heterocycles. The molecule has 0 aliphatic carbocycles. The van der Waals surface area contributed by atoms with E-state index in [4.69, 9.17) is 4.74 Å². The third-order valence-corrected chi connectivity index (χ3v) is 4.12. The van der Waals surface area contributed by atoms with Crippen molar-refractivity contribution in [1.29, 1.82) is 0 Å². The highest BCUT2D eigenvalue weighted by Gasteiger charge is 2.11. The lowest BCUT2D eigenvalue weighted by Gasteiger charge is -2.06. The number of aryl methyl sites for hydroxylation is 4. The summed E-state index contributed by atoms with van der Waals surface area (Å²) in [6, 6.07) is 5.60. The van der Waals surface area contributed by atoms with Crippen LogP contribution in [0.1, 0.15) is 37.1 Å². The molecule has 100 valence electrons. The largest absolute Gasteiger partial charge is 0.456 e. The molecule has 1 heterocycles. The predicted octanol–water partition coefficient (Wildman–Crippen LogP) is 3.73. The Morgan fingerprint density at radius 2 is 1.95 bits per heavy atom. The van der Waals surface area contributed by atoms with Crippen LogP contribution in [0.15, 0.2) is 18.2 Å². The first-order valence-electron chi connectivity index (χ1n) is 6.14. The summed E-state index contributed by atoms with van der Waals surface area (Å²) in [4.78, 5) is 17.3. The molecular weight excluding hydrogens is 258 g/mol. The number of hydrogen-bond acceptors (Lipinski definition) is 4. The molecule has 0 atom stereocenters. The summed E-state index contributed by atoms with van der Waals surface area (Å²) in [7, 11) is 0. The fourth-order valence-electron chi connectivity index (χ4n) is 1.79. The average Bonchev–Trinajstić information content (AvgIpc) is 2.68. The molecule has 3 nitrogen and oxygen atoms in total. The third kappa shape index (κ3) is 3.20. The zero-order valence-electron chi connectivity index (χ0n) is 11.6. The summed E-state index contributed by atoms with van der Waals surface area (Å²) in [6.07, 6.45) is 0. The quantitative estimate of drug-likeness (QED) is 0.801. The van der Waals surface area contributed by atoms with Crippen LogP contribution in [0.4, 0.5) is 0 Å². The van der Waals surface area contributed by atoms with Crippen molar-refractivity contribution in [3.05, 3.63) is 50.5 Å². The highest BCUT2D eigenvalue weighted by molar-refractivity contribution is 7.11. The van der Waals surface area contributed by atoms with Gasteiger partial charge in [0.1, 0.15) is 6.61 Å². The molecule has 4 heteroatoms. The van der Waals surface area contributed by atoms with Gasteiger partial charge in [0.05, 0.1) is 21.1 Å². The number of ether oxygens (including phenoxy) is 1. The minimum atomic E-state index is -0.284. The Morgan fingerprint density at radius 3 is 2.53 bits per heavy atom. The van der Waals surface area contributed by atoms with E-state index in [2.05, 4.69) is 4.98 Å². The van der Waals surface area contributed by atoms with Crippen LogP contribution in [-0.4, -0.2) is 11.0 Å². The number of hydrogen-bond donors (Lipinski definition) is 0. The number of nitrogens with zero attached hydrogens (tertiary/aromatic N) is 1. The Kier molecular flexibility index (Phi) is 4.00. The zero-order chi connectivity index (χ0) is 14.0. The summed E-state index contributed by atoms with van der Waals surface area (Å²) >= 11 is 1.57. The lowest BCUT2D eigenvalue weighted by Crippen LogP contribution is -2.05. The van der Waals surface area contributed by atoms with E-state index in [1.807, 2.05) is 39.8 Å². The summed E-state index contributed by atoms with van der Waals surface area (Å²) in [6.45, 7) is 8.19. The number of esters is 1. The van der Waals surface area contributed by atoms with Gasteiger partial charge >= 0.3 is 5.97 Å². The van der Waals surface area contributed by atoms with Gasteiger partial charge in [-0.25, -0.2) is 9.78 Å². The first kappa shape index (κ1) is 13.7. The molecule has 2 aromatic rings. The van der Waals surface area contributed by atoms with Crippen LogP contribution in [-0.2, 0) is 11.3 Å². The predicted molar refractivity (Wildman–Crippen MR) is 76.6 cm³/mol. The monoisotopic (exact) mass is 275 g/mol. The second kappa shape index (κ2) is 5.53. The molecule has 0 amide bonds. The van der Waals surface area contributed by atoms with Gasteiger partial charge in [0.2, 0.25) is 0 Å². The molecule has 0 aliphatic heterocycles. The molecule has 0 fully saturated rings. The van der Waals surface area contributed by atoms with E-state index >= 15 is 0 Å². The molecule has 0 N–H and O–H groups in total. The Bertz CT molecular complexity index is 617. The van der Waals surface area contributed by atoms with Crippen LogP contribution in [0.2, 0.25) is 0 Å². The maximum Gasteiger partial charge on any atom is 0.338 e. The second-order valence-electron chi connectivity index (χ2n) is 4.62. The van der Waals surface area contributed by atoms with E-state index in [0.717, 1.165) is 21.1 Å². The van der Waals surface area contributed by atoms with Crippen LogP contribution in [0.3, 0.4) is 0 Å². The highest BCUT2D eigenvalue weighted by Crippen LogP contribution is 2.19. The fraction of sp³-hybridized carbons (Fsp3) is 0.333. The van der Waals surface area contributed by atoms with Gasteiger partial charge in [-0.3, -0.25) is 0 Å². The lowest BCUT2D eigenvalue weighted by atomic mass is 10.1. The molecule has 0 radical (unpaired) electrons. The molecule has 1 aromatic heterocycles. The van der Waals surface area contributed by atoms with Crippen molar-refractivity contribution in [2.45, 2.75) is 34.3 Å². The minimum absolute atomic E-state index is 0.284. The van der Waals surface area contributed by atoms with Crippen molar-refractivity contribution in [2.24, 2.45) is 0 Å². The Balaban J connectivity index is 2.05. The van der Waals surface area contributed by atoms with Gasteiger partial charge in [0.25, 0.3) is 0 Å². The summed E-state index contributed by atoms with van der Waals surface area (Å²) in [5, 5.41) is 0.995. The third-order valence-electron chi connectivity index (χ3n) is 3.08. The summed E-state index contributed by atoms with van der Waals surface area (Å²) in [5.41, 5.74) is 3.81. The number of benzene rings is 1. The zero-order valence-corrected chi connectivity index (χ0v) is 12.4. The van der Waals surface area contributed by atoms with E-state index in [1.54, 1.807) is 17.4 Å². The van der Waals surface area contributed by atoms with Gasteiger partial charge in [-0.2, -0.15) is 0 Å². The number of carbonyl (C=O) groups excluding carboxylic acids is 1. The highest BCUT2D eigenvalue weighted by atomic mass is 32.1. The molecule has 0 saturated carbocycles. The summed E-state index contributed by atoms with van der Waals surface area (Å²) < 4.78 is 5.33.